The molecule has 0 nitrogen and oxygen atoms in total. The predicted octanol–water partition coefficient (Wildman–Crippen LogP) is 4.85. The van der Waals surface area contributed by atoms with Crippen LogP contribution in [0.3, 0.4) is 0 Å². The third-order valence-corrected chi connectivity index (χ3v) is 5.75. The molecule has 0 atom stereocenters. The van der Waals surface area contributed by atoms with Crippen LogP contribution in [0.15, 0.2) is 36.4 Å². The van der Waals surface area contributed by atoms with Crippen LogP contribution in [0.25, 0.3) is 23.3 Å². The van der Waals surface area contributed by atoms with Gasteiger partial charge in [-0.05, 0) is 87.4 Å². The molecule has 0 aromatic heterocycles. The second-order valence-electron chi connectivity index (χ2n) is 6.94. The molecule has 0 saturated heterocycles. The van der Waals surface area contributed by atoms with E-state index in [9.17, 15) is 0 Å². The summed E-state index contributed by atoms with van der Waals surface area (Å²) >= 11 is 0. The zero-order chi connectivity index (χ0) is 14.3. The molecule has 2 aromatic rings. The Morgan fingerprint density at radius 2 is 1.14 bits per heavy atom. The van der Waals surface area contributed by atoms with Gasteiger partial charge in [-0.2, -0.15) is 0 Å². The van der Waals surface area contributed by atoms with Crippen molar-refractivity contribution in [3.05, 3.63) is 80.9 Å². The molecule has 0 heteroatoms. The van der Waals surface area contributed by atoms with Gasteiger partial charge in [-0.15, -0.1) is 0 Å². The highest BCUT2D eigenvalue weighted by Gasteiger charge is 2.31. The van der Waals surface area contributed by atoms with Crippen LogP contribution in [-0.4, -0.2) is 0 Å². The van der Waals surface area contributed by atoms with Gasteiger partial charge in [-0.25, -0.2) is 0 Å². The fraction of sp³-hybridized carbons (Fsp3) is 0.182. The summed E-state index contributed by atoms with van der Waals surface area (Å²) in [5, 5.41) is 0. The summed E-state index contributed by atoms with van der Waals surface area (Å²) < 4.78 is 0. The Bertz CT molecular complexity index is 964. The van der Waals surface area contributed by atoms with Crippen molar-refractivity contribution >= 4 is 23.3 Å². The highest BCUT2D eigenvalue weighted by atomic mass is 14.3. The molecule has 4 aliphatic carbocycles. The molecule has 4 aliphatic rings. The maximum Gasteiger partial charge on any atom is -0.00104 e. The Kier molecular flexibility index (Phi) is 1.89. The fourth-order valence-corrected chi connectivity index (χ4v) is 4.67. The molecule has 22 heavy (non-hydrogen) atoms. The van der Waals surface area contributed by atoms with Crippen molar-refractivity contribution in [1.29, 1.82) is 0 Å². The SMILES string of the molecule is C1=Cc2cc3c(cc2C1)CC1=C3Cc2cc3c(cc21)CC=C3. The maximum absolute atomic E-state index is 2.46. The third kappa shape index (κ3) is 1.29. The lowest BCUT2D eigenvalue weighted by atomic mass is 9.93. The summed E-state index contributed by atoms with van der Waals surface area (Å²) in [5.74, 6) is 0. The maximum atomic E-state index is 2.46. The number of allylic oxidation sites excluding steroid dienone is 4. The second kappa shape index (κ2) is 3.70. The standard InChI is InChI=1S/C22H16/c1-3-13-7-17-11-22-20-10-16-6-2-4-14(16)8-18(20)12-21(22)19(17)9-15(13)5-1/h1-3,6-10H,4-5,11-12H2. The van der Waals surface area contributed by atoms with E-state index in [1.165, 1.54) is 38.9 Å². The lowest BCUT2D eigenvalue weighted by Gasteiger charge is -2.11. The average Bonchev–Trinajstić information content (AvgIpc) is 3.25. The minimum Gasteiger partial charge on any atom is -0.0795 e. The third-order valence-electron chi connectivity index (χ3n) is 5.75. The average molecular weight is 280 g/mol. The van der Waals surface area contributed by atoms with E-state index in [0.29, 0.717) is 0 Å². The molecule has 0 aliphatic heterocycles. The molecule has 0 amide bonds. The quantitative estimate of drug-likeness (QED) is 0.647. The lowest BCUT2D eigenvalue weighted by molar-refractivity contribution is 1.20. The van der Waals surface area contributed by atoms with E-state index in [2.05, 4.69) is 48.6 Å². The van der Waals surface area contributed by atoms with Crippen molar-refractivity contribution in [2.75, 3.05) is 0 Å². The van der Waals surface area contributed by atoms with E-state index >= 15 is 0 Å². The van der Waals surface area contributed by atoms with Gasteiger partial charge in [0.1, 0.15) is 0 Å². The Balaban J connectivity index is 1.53. The van der Waals surface area contributed by atoms with E-state index in [1.807, 2.05) is 0 Å². The van der Waals surface area contributed by atoms with Crippen molar-refractivity contribution in [2.45, 2.75) is 25.7 Å². The fourth-order valence-electron chi connectivity index (χ4n) is 4.67. The normalized spacial score (nSPS) is 18.5. The van der Waals surface area contributed by atoms with Gasteiger partial charge in [0.2, 0.25) is 0 Å². The van der Waals surface area contributed by atoms with Gasteiger partial charge in [0.05, 0.1) is 0 Å². The molecule has 0 saturated carbocycles. The summed E-state index contributed by atoms with van der Waals surface area (Å²) in [5.41, 5.74) is 15.2. The number of rotatable bonds is 0. The molecule has 0 radical (unpaired) electrons. The van der Waals surface area contributed by atoms with E-state index in [4.69, 9.17) is 0 Å². The van der Waals surface area contributed by atoms with E-state index in [0.717, 1.165) is 25.7 Å². The van der Waals surface area contributed by atoms with Crippen LogP contribution in [0.5, 0.6) is 0 Å². The molecule has 0 heterocycles. The molecule has 0 fully saturated rings. The highest BCUT2D eigenvalue weighted by molar-refractivity contribution is 6.03. The van der Waals surface area contributed by atoms with E-state index < -0.39 is 0 Å². The molecule has 2 aromatic carbocycles. The summed E-state index contributed by atoms with van der Waals surface area (Å²) in [6.45, 7) is 0. The van der Waals surface area contributed by atoms with Gasteiger partial charge < -0.3 is 0 Å². The molecule has 0 unspecified atom stereocenters. The Labute approximate surface area is 130 Å². The zero-order valence-corrected chi connectivity index (χ0v) is 12.4. The van der Waals surface area contributed by atoms with Gasteiger partial charge in [0, 0.05) is 0 Å². The Morgan fingerprint density at radius 1 is 0.545 bits per heavy atom. The number of hydrogen-bond donors (Lipinski definition) is 0. The zero-order valence-electron chi connectivity index (χ0n) is 12.4. The first-order valence-corrected chi connectivity index (χ1v) is 8.24. The Morgan fingerprint density at radius 3 is 1.91 bits per heavy atom. The first kappa shape index (κ1) is 11.3. The van der Waals surface area contributed by atoms with Crippen LogP contribution in [0.2, 0.25) is 0 Å². The van der Waals surface area contributed by atoms with Gasteiger partial charge in [0.15, 0.2) is 0 Å². The van der Waals surface area contributed by atoms with Crippen molar-refractivity contribution in [1.82, 2.24) is 0 Å². The monoisotopic (exact) mass is 280 g/mol. The predicted molar refractivity (Wildman–Crippen MR) is 92.6 cm³/mol. The largest absolute Gasteiger partial charge is 0.0795 e. The van der Waals surface area contributed by atoms with E-state index in [1.54, 1.807) is 16.7 Å². The summed E-state index contributed by atoms with van der Waals surface area (Å²) in [7, 11) is 0. The molecule has 104 valence electrons. The first-order chi connectivity index (χ1) is 10.9. The molecule has 0 N–H and O–H groups in total. The van der Waals surface area contributed by atoms with Crippen molar-refractivity contribution in [2.24, 2.45) is 0 Å². The van der Waals surface area contributed by atoms with Crippen molar-refractivity contribution < 1.29 is 0 Å². The lowest BCUT2D eigenvalue weighted by Crippen LogP contribution is -1.96. The van der Waals surface area contributed by atoms with Crippen LogP contribution < -0.4 is 0 Å². The molecule has 6 rings (SSSR count). The van der Waals surface area contributed by atoms with E-state index in [-0.39, 0.29) is 0 Å². The molecule has 0 spiro atoms. The molecule has 0 bridgehead atoms. The first-order valence-electron chi connectivity index (χ1n) is 8.24. The summed E-state index contributed by atoms with van der Waals surface area (Å²) in [6.07, 6.45) is 13.6. The molecular weight excluding hydrogens is 264 g/mol. The minimum absolute atomic E-state index is 1.11. The van der Waals surface area contributed by atoms with Gasteiger partial charge in [-0.3, -0.25) is 0 Å². The number of benzene rings is 2. The van der Waals surface area contributed by atoms with Crippen molar-refractivity contribution in [3.63, 3.8) is 0 Å². The minimum atomic E-state index is 1.11. The summed E-state index contributed by atoms with van der Waals surface area (Å²) in [6, 6.07) is 9.79. The van der Waals surface area contributed by atoms with Gasteiger partial charge >= 0.3 is 0 Å². The topological polar surface area (TPSA) is 0 Å². The van der Waals surface area contributed by atoms with Crippen LogP contribution in [0.4, 0.5) is 0 Å². The van der Waals surface area contributed by atoms with Crippen LogP contribution >= 0.6 is 0 Å². The smallest absolute Gasteiger partial charge is 0.00104 e. The van der Waals surface area contributed by atoms with Gasteiger partial charge in [0.25, 0.3) is 0 Å². The number of hydrogen-bond acceptors (Lipinski definition) is 0. The van der Waals surface area contributed by atoms with Crippen LogP contribution in [-0.2, 0) is 25.7 Å². The summed E-state index contributed by atoms with van der Waals surface area (Å²) in [4.78, 5) is 0. The molecular formula is C22H16. The number of fused-ring (bicyclic) bond motifs is 6. The highest BCUT2D eigenvalue weighted by Crippen LogP contribution is 2.48. The Hall–Kier alpha value is -2.34. The van der Waals surface area contributed by atoms with Crippen molar-refractivity contribution in [3.8, 4) is 0 Å². The van der Waals surface area contributed by atoms with Crippen LogP contribution in [0, 0.1) is 0 Å². The van der Waals surface area contributed by atoms with Crippen LogP contribution in [0.1, 0.15) is 44.5 Å². The van der Waals surface area contributed by atoms with Gasteiger partial charge in [-0.1, -0.05) is 42.5 Å². The second-order valence-corrected chi connectivity index (χ2v) is 6.94.